The predicted octanol–water partition coefficient (Wildman–Crippen LogP) is 3.67. The van der Waals surface area contributed by atoms with Gasteiger partial charge in [0.2, 0.25) is 10.0 Å². The van der Waals surface area contributed by atoms with Gasteiger partial charge in [0.05, 0.1) is 4.90 Å². The lowest BCUT2D eigenvalue weighted by Crippen LogP contribution is -2.36. The fourth-order valence-corrected chi connectivity index (χ4v) is 3.96. The Kier molecular flexibility index (Phi) is 7.72. The maximum absolute atomic E-state index is 13.3. The van der Waals surface area contributed by atoms with Gasteiger partial charge in [-0.1, -0.05) is 24.3 Å². The first-order chi connectivity index (χ1) is 15.6. The molecule has 174 valence electrons. The van der Waals surface area contributed by atoms with Crippen LogP contribution in [0.2, 0.25) is 0 Å². The Morgan fingerprint density at radius 1 is 0.909 bits per heavy atom. The van der Waals surface area contributed by atoms with Crippen LogP contribution in [0, 0.1) is 17.5 Å². The SMILES string of the molecule is CC(Oc1ccc(F)c(F)c1)C(=O)NCc1cccc(S(=O)(=O)NCc2cccc(F)c2)c1. The quantitative estimate of drug-likeness (QED) is 0.492. The molecule has 33 heavy (non-hydrogen) atoms. The Balaban J connectivity index is 1.58. The van der Waals surface area contributed by atoms with Gasteiger partial charge in [0.15, 0.2) is 17.7 Å². The van der Waals surface area contributed by atoms with Crippen LogP contribution in [-0.4, -0.2) is 20.4 Å². The van der Waals surface area contributed by atoms with Crippen LogP contribution in [0.4, 0.5) is 13.2 Å². The van der Waals surface area contributed by atoms with Crippen LogP contribution in [0.5, 0.6) is 5.75 Å². The Labute approximate surface area is 189 Å². The zero-order valence-corrected chi connectivity index (χ0v) is 18.3. The van der Waals surface area contributed by atoms with Gasteiger partial charge < -0.3 is 10.1 Å². The number of sulfonamides is 1. The van der Waals surface area contributed by atoms with Gasteiger partial charge in [-0.3, -0.25) is 4.79 Å². The predicted molar refractivity (Wildman–Crippen MR) is 115 cm³/mol. The number of carbonyl (C=O) groups excluding carboxylic acids is 1. The highest BCUT2D eigenvalue weighted by Gasteiger charge is 2.17. The van der Waals surface area contributed by atoms with Crippen molar-refractivity contribution in [3.63, 3.8) is 0 Å². The molecule has 0 saturated heterocycles. The van der Waals surface area contributed by atoms with Crippen LogP contribution < -0.4 is 14.8 Å². The summed E-state index contributed by atoms with van der Waals surface area (Å²) < 4.78 is 72.4. The van der Waals surface area contributed by atoms with E-state index >= 15 is 0 Å². The van der Waals surface area contributed by atoms with Crippen LogP contribution in [-0.2, 0) is 27.9 Å². The van der Waals surface area contributed by atoms with Crippen molar-refractivity contribution in [1.29, 1.82) is 0 Å². The van der Waals surface area contributed by atoms with E-state index in [4.69, 9.17) is 4.74 Å². The number of nitrogens with one attached hydrogen (secondary N) is 2. The third-order valence-corrected chi connectivity index (χ3v) is 6.00. The summed E-state index contributed by atoms with van der Waals surface area (Å²) in [6.07, 6.45) is -1.00. The number of benzene rings is 3. The summed E-state index contributed by atoms with van der Waals surface area (Å²) in [5.74, 6) is -3.12. The molecule has 6 nitrogen and oxygen atoms in total. The molecule has 0 aliphatic rings. The number of carbonyl (C=O) groups is 1. The smallest absolute Gasteiger partial charge is 0.261 e. The first kappa shape index (κ1) is 24.3. The first-order valence-electron chi connectivity index (χ1n) is 9.86. The number of rotatable bonds is 9. The van der Waals surface area contributed by atoms with E-state index in [0.29, 0.717) is 11.1 Å². The monoisotopic (exact) mass is 478 g/mol. The fraction of sp³-hybridized carbons (Fsp3) is 0.174. The lowest BCUT2D eigenvalue weighted by molar-refractivity contribution is -0.127. The minimum absolute atomic E-state index is 0.00554. The highest BCUT2D eigenvalue weighted by atomic mass is 32.2. The van der Waals surface area contributed by atoms with Gasteiger partial charge >= 0.3 is 0 Å². The first-order valence-corrected chi connectivity index (χ1v) is 11.3. The summed E-state index contributed by atoms with van der Waals surface area (Å²) in [5, 5.41) is 2.60. The molecule has 0 fully saturated rings. The van der Waals surface area contributed by atoms with Gasteiger partial charge in [-0.15, -0.1) is 0 Å². The molecule has 0 heterocycles. The van der Waals surface area contributed by atoms with Crippen LogP contribution in [0.15, 0.2) is 71.6 Å². The van der Waals surface area contributed by atoms with E-state index in [1.807, 2.05) is 0 Å². The van der Waals surface area contributed by atoms with E-state index in [2.05, 4.69) is 10.0 Å². The van der Waals surface area contributed by atoms with E-state index in [1.54, 1.807) is 12.1 Å². The molecular weight excluding hydrogens is 457 g/mol. The van der Waals surface area contributed by atoms with Crippen molar-refractivity contribution in [2.24, 2.45) is 0 Å². The van der Waals surface area contributed by atoms with Crippen molar-refractivity contribution in [3.8, 4) is 5.75 Å². The largest absolute Gasteiger partial charge is 0.481 e. The molecule has 1 amide bonds. The summed E-state index contributed by atoms with van der Waals surface area (Å²) in [7, 11) is -3.87. The molecule has 1 unspecified atom stereocenters. The molecule has 0 radical (unpaired) electrons. The standard InChI is InChI=1S/C23H21F3N2O4S/c1-15(32-19-8-9-21(25)22(26)12-19)23(29)27-13-17-5-3-7-20(11-17)33(30,31)28-14-16-4-2-6-18(24)10-16/h2-12,15,28H,13-14H2,1H3,(H,27,29). The molecule has 3 rings (SSSR count). The van der Waals surface area contributed by atoms with Gasteiger partial charge in [0.25, 0.3) is 5.91 Å². The maximum Gasteiger partial charge on any atom is 0.261 e. The fourth-order valence-electron chi connectivity index (χ4n) is 2.87. The minimum Gasteiger partial charge on any atom is -0.481 e. The highest BCUT2D eigenvalue weighted by Crippen LogP contribution is 2.17. The number of amides is 1. The second-order valence-corrected chi connectivity index (χ2v) is 8.92. The summed E-state index contributed by atoms with van der Waals surface area (Å²) in [6.45, 7) is 1.37. The molecule has 0 bridgehead atoms. The maximum atomic E-state index is 13.3. The molecule has 3 aromatic rings. The normalized spacial score (nSPS) is 12.2. The highest BCUT2D eigenvalue weighted by molar-refractivity contribution is 7.89. The molecule has 0 aromatic heterocycles. The van der Waals surface area contributed by atoms with Crippen molar-refractivity contribution in [1.82, 2.24) is 10.0 Å². The third kappa shape index (κ3) is 6.80. The summed E-state index contributed by atoms with van der Waals surface area (Å²) >= 11 is 0. The van der Waals surface area contributed by atoms with Gasteiger partial charge in [-0.2, -0.15) is 0 Å². The molecule has 10 heteroatoms. The number of hydrogen-bond acceptors (Lipinski definition) is 4. The lowest BCUT2D eigenvalue weighted by atomic mass is 10.2. The second-order valence-electron chi connectivity index (χ2n) is 7.16. The summed E-state index contributed by atoms with van der Waals surface area (Å²) in [4.78, 5) is 12.3. The second kappa shape index (κ2) is 10.5. The van der Waals surface area contributed by atoms with E-state index in [1.165, 1.54) is 49.4 Å². The van der Waals surface area contributed by atoms with E-state index in [9.17, 15) is 26.4 Å². The van der Waals surface area contributed by atoms with Gasteiger partial charge in [0.1, 0.15) is 11.6 Å². The lowest BCUT2D eigenvalue weighted by Gasteiger charge is -2.15. The third-order valence-electron chi connectivity index (χ3n) is 4.60. The minimum atomic E-state index is -3.87. The van der Waals surface area contributed by atoms with Gasteiger partial charge in [0, 0.05) is 19.2 Å². The Hall–Kier alpha value is -3.37. The zero-order valence-electron chi connectivity index (χ0n) is 17.5. The molecule has 0 spiro atoms. The van der Waals surface area contributed by atoms with Crippen molar-refractivity contribution < 1.29 is 31.1 Å². The van der Waals surface area contributed by atoms with Crippen LogP contribution in [0.25, 0.3) is 0 Å². The van der Waals surface area contributed by atoms with E-state index in [-0.39, 0.29) is 23.7 Å². The Morgan fingerprint density at radius 2 is 1.61 bits per heavy atom. The van der Waals surface area contributed by atoms with E-state index < -0.39 is 39.5 Å². The van der Waals surface area contributed by atoms with Crippen LogP contribution in [0.3, 0.4) is 0 Å². The summed E-state index contributed by atoms with van der Waals surface area (Å²) in [6, 6.07) is 14.5. The topological polar surface area (TPSA) is 84.5 Å². The number of ether oxygens (including phenoxy) is 1. The average molecular weight is 478 g/mol. The Bertz CT molecular complexity index is 1250. The van der Waals surface area contributed by atoms with Crippen molar-refractivity contribution in [2.75, 3.05) is 0 Å². The molecule has 1 atom stereocenters. The molecular formula is C23H21F3N2O4S. The average Bonchev–Trinajstić information content (AvgIpc) is 2.79. The molecule has 3 aromatic carbocycles. The van der Waals surface area contributed by atoms with Crippen LogP contribution in [0.1, 0.15) is 18.1 Å². The molecule has 0 aliphatic heterocycles. The van der Waals surface area contributed by atoms with Gasteiger partial charge in [-0.05, 0) is 54.4 Å². The van der Waals surface area contributed by atoms with Gasteiger partial charge in [-0.25, -0.2) is 26.3 Å². The number of halogens is 3. The van der Waals surface area contributed by atoms with Crippen molar-refractivity contribution in [2.45, 2.75) is 31.0 Å². The Morgan fingerprint density at radius 3 is 2.30 bits per heavy atom. The van der Waals surface area contributed by atoms with E-state index in [0.717, 1.165) is 12.1 Å². The summed E-state index contributed by atoms with van der Waals surface area (Å²) in [5.41, 5.74) is 0.981. The van der Waals surface area contributed by atoms with Crippen LogP contribution >= 0.6 is 0 Å². The van der Waals surface area contributed by atoms with Crippen molar-refractivity contribution >= 4 is 15.9 Å². The number of hydrogen-bond donors (Lipinski definition) is 2. The zero-order chi connectivity index (χ0) is 24.0. The molecule has 0 saturated carbocycles. The van der Waals surface area contributed by atoms with Crippen molar-refractivity contribution in [3.05, 3.63) is 95.3 Å². The molecule has 0 aliphatic carbocycles. The molecule has 2 N–H and O–H groups in total.